The van der Waals surface area contributed by atoms with Crippen LogP contribution < -0.4 is 4.90 Å². The highest BCUT2D eigenvalue weighted by atomic mass is 32.2. The molecule has 0 aromatic heterocycles. The molecule has 2 atom stereocenters. The van der Waals surface area contributed by atoms with Gasteiger partial charge in [-0.2, -0.15) is 0 Å². The maximum Gasteiger partial charge on any atom is 0.242 e. The number of para-hydroxylation sites is 1. The molecule has 6 heteroatoms. The minimum Gasteiger partial charge on any atom is -0.372 e. The zero-order valence-electron chi connectivity index (χ0n) is 12.8. The van der Waals surface area contributed by atoms with Gasteiger partial charge in [0.25, 0.3) is 0 Å². The summed E-state index contributed by atoms with van der Waals surface area (Å²) in [5, 5.41) is 0. The third kappa shape index (κ3) is 3.13. The minimum atomic E-state index is -0.0166. The molecule has 22 heavy (non-hydrogen) atoms. The Hall–Kier alpha value is -1.53. The number of benzene rings is 1. The number of anilines is 1. The van der Waals surface area contributed by atoms with Gasteiger partial charge in [0.1, 0.15) is 6.54 Å². The van der Waals surface area contributed by atoms with Gasteiger partial charge in [0.05, 0.1) is 23.6 Å². The summed E-state index contributed by atoms with van der Waals surface area (Å²) in [5.41, 5.74) is 0.839. The van der Waals surface area contributed by atoms with Crippen molar-refractivity contribution in [2.75, 3.05) is 30.3 Å². The van der Waals surface area contributed by atoms with Gasteiger partial charge in [-0.3, -0.25) is 9.59 Å². The molecule has 0 aliphatic carbocycles. The Bertz CT molecular complexity index is 583. The quantitative estimate of drug-likeness (QED) is 0.833. The summed E-state index contributed by atoms with van der Waals surface area (Å²) in [5.74, 6) is 0.365. The molecule has 5 nitrogen and oxygen atoms in total. The van der Waals surface area contributed by atoms with Crippen molar-refractivity contribution in [3.05, 3.63) is 24.3 Å². The molecular weight excluding hydrogens is 300 g/mol. The average Bonchev–Trinajstić information content (AvgIpc) is 2.49. The van der Waals surface area contributed by atoms with Crippen LogP contribution >= 0.6 is 11.8 Å². The van der Waals surface area contributed by atoms with Gasteiger partial charge >= 0.3 is 0 Å². The van der Waals surface area contributed by atoms with Crippen molar-refractivity contribution in [3.8, 4) is 0 Å². The van der Waals surface area contributed by atoms with Gasteiger partial charge in [-0.05, 0) is 26.0 Å². The number of rotatable bonds is 2. The smallest absolute Gasteiger partial charge is 0.242 e. The van der Waals surface area contributed by atoms with Crippen LogP contribution in [0, 0.1) is 0 Å². The third-order valence-corrected chi connectivity index (χ3v) is 4.92. The number of carbonyl (C=O) groups excluding carboxylic acids is 2. The number of amides is 2. The van der Waals surface area contributed by atoms with Crippen LogP contribution in [-0.4, -0.2) is 54.3 Å². The summed E-state index contributed by atoms with van der Waals surface area (Å²) in [7, 11) is 0. The van der Waals surface area contributed by atoms with Crippen LogP contribution in [0.3, 0.4) is 0 Å². The summed E-state index contributed by atoms with van der Waals surface area (Å²) in [6, 6.07) is 7.74. The molecular formula is C16H20N2O3S. The van der Waals surface area contributed by atoms with E-state index in [-0.39, 0.29) is 30.6 Å². The molecule has 1 aromatic carbocycles. The Morgan fingerprint density at radius 2 is 1.95 bits per heavy atom. The predicted octanol–water partition coefficient (Wildman–Crippen LogP) is 1.76. The summed E-state index contributed by atoms with van der Waals surface area (Å²) >= 11 is 1.53. The fourth-order valence-electron chi connectivity index (χ4n) is 2.94. The fraction of sp³-hybridized carbons (Fsp3) is 0.500. The number of thioether (sulfide) groups is 1. The van der Waals surface area contributed by atoms with Crippen LogP contribution in [0.15, 0.2) is 29.2 Å². The van der Waals surface area contributed by atoms with E-state index in [0.29, 0.717) is 18.8 Å². The van der Waals surface area contributed by atoms with Gasteiger partial charge in [-0.1, -0.05) is 12.1 Å². The van der Waals surface area contributed by atoms with E-state index in [0.717, 1.165) is 10.6 Å². The van der Waals surface area contributed by atoms with Crippen LogP contribution in [0.4, 0.5) is 5.69 Å². The third-order valence-electron chi connectivity index (χ3n) is 3.87. The van der Waals surface area contributed by atoms with Crippen LogP contribution in [0.5, 0.6) is 0 Å². The van der Waals surface area contributed by atoms with E-state index in [1.807, 2.05) is 38.1 Å². The van der Waals surface area contributed by atoms with Gasteiger partial charge in [0, 0.05) is 18.0 Å². The van der Waals surface area contributed by atoms with Crippen molar-refractivity contribution in [3.63, 3.8) is 0 Å². The molecule has 2 aliphatic heterocycles. The van der Waals surface area contributed by atoms with Gasteiger partial charge < -0.3 is 14.5 Å². The van der Waals surface area contributed by atoms with E-state index < -0.39 is 0 Å². The van der Waals surface area contributed by atoms with Crippen LogP contribution in [0.1, 0.15) is 13.8 Å². The Balaban J connectivity index is 1.75. The topological polar surface area (TPSA) is 49.9 Å². The maximum atomic E-state index is 12.6. The number of ether oxygens (including phenoxy) is 1. The van der Waals surface area contributed by atoms with Gasteiger partial charge in [-0.25, -0.2) is 0 Å². The van der Waals surface area contributed by atoms with Crippen molar-refractivity contribution in [2.45, 2.75) is 31.0 Å². The van der Waals surface area contributed by atoms with E-state index in [1.165, 1.54) is 11.8 Å². The Kier molecular flexibility index (Phi) is 4.40. The molecule has 2 unspecified atom stereocenters. The van der Waals surface area contributed by atoms with E-state index in [9.17, 15) is 9.59 Å². The molecule has 3 rings (SSSR count). The maximum absolute atomic E-state index is 12.6. The zero-order valence-corrected chi connectivity index (χ0v) is 13.6. The highest BCUT2D eigenvalue weighted by Gasteiger charge is 2.31. The summed E-state index contributed by atoms with van der Waals surface area (Å²) < 4.78 is 5.66. The predicted molar refractivity (Wildman–Crippen MR) is 86.1 cm³/mol. The van der Waals surface area contributed by atoms with Crippen molar-refractivity contribution < 1.29 is 14.3 Å². The lowest BCUT2D eigenvalue weighted by Crippen LogP contribution is -2.52. The molecule has 0 N–H and O–H groups in total. The average molecular weight is 320 g/mol. The Labute approximate surface area is 134 Å². The fourth-order valence-corrected chi connectivity index (χ4v) is 3.88. The normalized spacial score (nSPS) is 25.1. The van der Waals surface area contributed by atoms with E-state index in [1.54, 1.807) is 9.80 Å². The second kappa shape index (κ2) is 6.30. The first-order valence-corrected chi connectivity index (χ1v) is 8.48. The van der Waals surface area contributed by atoms with Crippen LogP contribution in [0.25, 0.3) is 0 Å². The first-order chi connectivity index (χ1) is 10.5. The molecule has 2 amide bonds. The molecule has 118 valence electrons. The van der Waals surface area contributed by atoms with Gasteiger partial charge in [-0.15, -0.1) is 11.8 Å². The molecule has 1 aromatic rings. The standard InChI is InChI=1S/C16H20N2O3S/c1-11-7-17(8-12(2)21-11)15(19)9-18-13-5-3-4-6-14(13)22-10-16(18)20/h3-6,11-12H,7-10H2,1-2H3. The number of fused-ring (bicyclic) bond motifs is 1. The van der Waals surface area contributed by atoms with Crippen LogP contribution in [0.2, 0.25) is 0 Å². The molecule has 0 saturated carbocycles. The first-order valence-electron chi connectivity index (χ1n) is 7.50. The second-order valence-electron chi connectivity index (χ2n) is 5.79. The lowest BCUT2D eigenvalue weighted by molar-refractivity contribution is -0.142. The van der Waals surface area contributed by atoms with E-state index in [4.69, 9.17) is 4.74 Å². The minimum absolute atomic E-state index is 0.00796. The Morgan fingerprint density at radius 3 is 2.68 bits per heavy atom. The van der Waals surface area contributed by atoms with E-state index in [2.05, 4.69) is 0 Å². The van der Waals surface area contributed by atoms with Crippen molar-refractivity contribution in [2.24, 2.45) is 0 Å². The summed E-state index contributed by atoms with van der Waals surface area (Å²) in [6.07, 6.45) is 0.0696. The molecule has 1 saturated heterocycles. The highest BCUT2D eigenvalue weighted by molar-refractivity contribution is 8.00. The second-order valence-corrected chi connectivity index (χ2v) is 6.81. The SMILES string of the molecule is CC1CN(C(=O)CN2C(=O)CSc3ccccc32)CC(C)O1. The first kappa shape index (κ1) is 15.4. The summed E-state index contributed by atoms with van der Waals surface area (Å²) in [6.45, 7) is 5.21. The van der Waals surface area contributed by atoms with E-state index >= 15 is 0 Å². The van der Waals surface area contributed by atoms with Crippen molar-refractivity contribution in [1.29, 1.82) is 0 Å². The number of carbonyl (C=O) groups is 2. The molecule has 0 bridgehead atoms. The number of morpholine rings is 1. The molecule has 0 spiro atoms. The molecule has 0 radical (unpaired) electrons. The largest absolute Gasteiger partial charge is 0.372 e. The summed E-state index contributed by atoms with van der Waals surface area (Å²) in [4.78, 5) is 29.3. The zero-order chi connectivity index (χ0) is 15.7. The number of hydrogen-bond acceptors (Lipinski definition) is 4. The number of nitrogens with zero attached hydrogens (tertiary/aromatic N) is 2. The Morgan fingerprint density at radius 1 is 1.27 bits per heavy atom. The number of hydrogen-bond donors (Lipinski definition) is 0. The van der Waals surface area contributed by atoms with Crippen molar-refractivity contribution in [1.82, 2.24) is 4.90 Å². The monoisotopic (exact) mass is 320 g/mol. The lowest BCUT2D eigenvalue weighted by atomic mass is 10.2. The van der Waals surface area contributed by atoms with Gasteiger partial charge in [0.2, 0.25) is 11.8 Å². The van der Waals surface area contributed by atoms with Gasteiger partial charge in [0.15, 0.2) is 0 Å². The molecule has 2 aliphatic rings. The highest BCUT2D eigenvalue weighted by Crippen LogP contribution is 2.34. The van der Waals surface area contributed by atoms with Crippen molar-refractivity contribution >= 4 is 29.3 Å². The lowest BCUT2D eigenvalue weighted by Gasteiger charge is -2.37. The molecule has 1 fully saturated rings. The molecule has 2 heterocycles. The van der Waals surface area contributed by atoms with Crippen LogP contribution in [-0.2, 0) is 14.3 Å².